The molecule has 1 aliphatic rings. The molecule has 2 aromatic rings. The van der Waals surface area contributed by atoms with Crippen LogP contribution in [0.3, 0.4) is 0 Å². The van der Waals surface area contributed by atoms with Crippen LogP contribution in [0.2, 0.25) is 0 Å². The second-order valence-corrected chi connectivity index (χ2v) is 9.77. The molecule has 0 unspecified atom stereocenters. The van der Waals surface area contributed by atoms with Crippen molar-refractivity contribution >= 4 is 31.5 Å². The minimum atomic E-state index is -5.18. The molecular formula is C18H17NO7S2. The summed E-state index contributed by atoms with van der Waals surface area (Å²) in [7, 11) is -10.4. The van der Waals surface area contributed by atoms with Crippen molar-refractivity contribution in [3.8, 4) is 11.5 Å². The Morgan fingerprint density at radius 1 is 0.929 bits per heavy atom. The predicted octanol–water partition coefficient (Wildman–Crippen LogP) is 2.88. The van der Waals surface area contributed by atoms with Crippen LogP contribution in [-0.2, 0) is 20.2 Å². The molecule has 0 fully saturated rings. The van der Waals surface area contributed by atoms with Crippen molar-refractivity contribution < 1.29 is 30.7 Å². The van der Waals surface area contributed by atoms with Gasteiger partial charge in [0, 0.05) is 17.7 Å². The predicted molar refractivity (Wildman–Crippen MR) is 105 cm³/mol. The molecule has 0 aliphatic heterocycles. The fourth-order valence-corrected chi connectivity index (χ4v) is 5.09. The van der Waals surface area contributed by atoms with Crippen molar-refractivity contribution in [1.29, 1.82) is 0 Å². The maximum atomic E-state index is 11.8. The van der Waals surface area contributed by atoms with E-state index in [0.29, 0.717) is 22.7 Å². The first-order valence-electron chi connectivity index (χ1n) is 7.99. The molecule has 0 atom stereocenters. The van der Waals surface area contributed by atoms with E-state index in [9.17, 15) is 25.9 Å². The number of para-hydroxylation sites is 1. The molecule has 0 heterocycles. The molecule has 0 aromatic heterocycles. The second-order valence-electron chi connectivity index (χ2n) is 6.16. The lowest BCUT2D eigenvalue weighted by molar-refractivity contribution is 0.438. The first kappa shape index (κ1) is 20.1. The summed E-state index contributed by atoms with van der Waals surface area (Å²) in [5, 5.41) is 0. The SMILES string of the molecule is Nc1ccc(Oc2ccccc2C2=CC=CC(S(=O)(=O)O)(S(=O)(=O)O)C2)cc1. The van der Waals surface area contributed by atoms with Gasteiger partial charge in [0.1, 0.15) is 11.5 Å². The van der Waals surface area contributed by atoms with Crippen molar-refractivity contribution in [2.75, 3.05) is 5.73 Å². The lowest BCUT2D eigenvalue weighted by Gasteiger charge is -2.28. The molecule has 0 saturated carbocycles. The van der Waals surface area contributed by atoms with Crippen LogP contribution in [0, 0.1) is 0 Å². The zero-order chi connectivity index (χ0) is 20.6. The summed E-state index contributed by atoms with van der Waals surface area (Å²) < 4.78 is 69.3. The molecule has 148 valence electrons. The van der Waals surface area contributed by atoms with Crippen molar-refractivity contribution in [3.05, 3.63) is 72.3 Å². The summed E-state index contributed by atoms with van der Waals surface area (Å²) in [5.41, 5.74) is 6.84. The third kappa shape index (κ3) is 3.67. The van der Waals surface area contributed by atoms with E-state index in [1.54, 1.807) is 48.5 Å². The Morgan fingerprint density at radius 2 is 1.54 bits per heavy atom. The van der Waals surface area contributed by atoms with Gasteiger partial charge in [-0.1, -0.05) is 30.4 Å². The third-order valence-corrected chi connectivity index (χ3v) is 7.87. The van der Waals surface area contributed by atoms with Gasteiger partial charge in [-0.15, -0.1) is 0 Å². The Hall–Kier alpha value is -2.66. The normalized spacial score (nSPS) is 16.4. The van der Waals surface area contributed by atoms with E-state index in [4.69, 9.17) is 10.5 Å². The van der Waals surface area contributed by atoms with Gasteiger partial charge in [-0.3, -0.25) is 9.11 Å². The average molecular weight is 423 g/mol. The molecule has 4 N–H and O–H groups in total. The van der Waals surface area contributed by atoms with Gasteiger partial charge in [0.15, 0.2) is 0 Å². The fraction of sp³-hybridized carbons (Fsp3) is 0.111. The minimum Gasteiger partial charge on any atom is -0.457 e. The smallest absolute Gasteiger partial charge is 0.291 e. The van der Waals surface area contributed by atoms with E-state index >= 15 is 0 Å². The fourth-order valence-electron chi connectivity index (χ4n) is 2.85. The average Bonchev–Trinajstić information content (AvgIpc) is 2.62. The molecule has 8 nitrogen and oxygen atoms in total. The van der Waals surface area contributed by atoms with E-state index < -0.39 is 30.7 Å². The molecule has 0 bridgehead atoms. The Labute approximate surface area is 162 Å². The van der Waals surface area contributed by atoms with Gasteiger partial charge in [0.2, 0.25) is 4.08 Å². The quantitative estimate of drug-likeness (QED) is 0.492. The van der Waals surface area contributed by atoms with Gasteiger partial charge in [-0.25, -0.2) is 0 Å². The standard InChI is InChI=1S/C18H17NO7S2/c19-14-7-9-15(10-8-14)26-17-6-2-1-5-16(17)13-4-3-11-18(12-13,27(20,21)22)28(23,24)25/h1-11H,12,19H2,(H,20,21,22)(H,23,24,25). The highest BCUT2D eigenvalue weighted by Gasteiger charge is 2.54. The third-order valence-electron chi connectivity index (χ3n) is 4.30. The van der Waals surface area contributed by atoms with Crippen LogP contribution in [0.1, 0.15) is 12.0 Å². The Balaban J connectivity index is 2.04. The Kier molecular flexibility index (Phi) is 5.06. The summed E-state index contributed by atoms with van der Waals surface area (Å²) in [4.78, 5) is 0. The van der Waals surface area contributed by atoms with Gasteiger partial charge < -0.3 is 10.5 Å². The minimum absolute atomic E-state index is 0.240. The number of anilines is 1. The van der Waals surface area contributed by atoms with E-state index in [2.05, 4.69) is 0 Å². The first-order valence-corrected chi connectivity index (χ1v) is 10.9. The number of nitrogens with two attached hydrogens (primary N) is 1. The van der Waals surface area contributed by atoms with Gasteiger partial charge in [-0.05, 0) is 42.0 Å². The number of benzene rings is 2. The van der Waals surface area contributed by atoms with Crippen LogP contribution in [0.15, 0.2) is 66.8 Å². The second kappa shape index (κ2) is 7.06. The summed E-state index contributed by atoms with van der Waals surface area (Å²) in [6, 6.07) is 13.1. The van der Waals surface area contributed by atoms with E-state index in [0.717, 1.165) is 12.2 Å². The highest BCUT2D eigenvalue weighted by molar-refractivity contribution is 8.05. The summed E-state index contributed by atoms with van der Waals surface area (Å²) >= 11 is 0. The number of hydrogen-bond donors (Lipinski definition) is 3. The topological polar surface area (TPSA) is 144 Å². The molecule has 0 amide bonds. The van der Waals surface area contributed by atoms with Crippen LogP contribution < -0.4 is 10.5 Å². The van der Waals surface area contributed by atoms with Gasteiger partial charge >= 0.3 is 0 Å². The molecule has 28 heavy (non-hydrogen) atoms. The maximum absolute atomic E-state index is 11.8. The highest BCUT2D eigenvalue weighted by Crippen LogP contribution is 2.41. The lowest BCUT2D eigenvalue weighted by atomic mass is 9.96. The van der Waals surface area contributed by atoms with Gasteiger partial charge in [-0.2, -0.15) is 16.8 Å². The zero-order valence-corrected chi connectivity index (χ0v) is 16.0. The highest BCUT2D eigenvalue weighted by atomic mass is 32.3. The van der Waals surface area contributed by atoms with Crippen LogP contribution in [-0.4, -0.2) is 30.0 Å². The summed E-state index contributed by atoms with van der Waals surface area (Å²) in [6.45, 7) is 0. The van der Waals surface area contributed by atoms with Crippen LogP contribution in [0.4, 0.5) is 5.69 Å². The van der Waals surface area contributed by atoms with E-state index in [1.165, 1.54) is 6.08 Å². The molecule has 3 rings (SSSR count). The number of allylic oxidation sites excluding steroid dienone is 3. The molecule has 0 radical (unpaired) electrons. The monoisotopic (exact) mass is 423 g/mol. The van der Waals surface area contributed by atoms with Crippen molar-refractivity contribution in [3.63, 3.8) is 0 Å². The van der Waals surface area contributed by atoms with Crippen molar-refractivity contribution in [1.82, 2.24) is 0 Å². The van der Waals surface area contributed by atoms with Crippen LogP contribution in [0.5, 0.6) is 11.5 Å². The number of nitrogen functional groups attached to an aromatic ring is 1. The Bertz CT molecular complexity index is 1130. The molecule has 0 spiro atoms. The number of rotatable bonds is 5. The van der Waals surface area contributed by atoms with Crippen LogP contribution in [0.25, 0.3) is 5.57 Å². The van der Waals surface area contributed by atoms with Crippen molar-refractivity contribution in [2.45, 2.75) is 10.5 Å². The van der Waals surface area contributed by atoms with Gasteiger partial charge in [0.25, 0.3) is 20.2 Å². The lowest BCUT2D eigenvalue weighted by Crippen LogP contribution is -2.45. The molecule has 2 aromatic carbocycles. The van der Waals surface area contributed by atoms with Crippen molar-refractivity contribution in [2.24, 2.45) is 0 Å². The summed E-state index contributed by atoms with van der Waals surface area (Å²) in [6.07, 6.45) is 2.69. The maximum Gasteiger partial charge on any atom is 0.291 e. The molecular weight excluding hydrogens is 406 g/mol. The summed E-state index contributed by atoms with van der Waals surface area (Å²) in [5.74, 6) is 0.790. The molecule has 0 saturated heterocycles. The largest absolute Gasteiger partial charge is 0.457 e. The number of ether oxygens (including phenoxy) is 1. The molecule has 1 aliphatic carbocycles. The van der Waals surface area contributed by atoms with Gasteiger partial charge in [0.05, 0.1) is 0 Å². The number of hydrogen-bond acceptors (Lipinski definition) is 6. The van der Waals surface area contributed by atoms with E-state index in [1.807, 2.05) is 0 Å². The molecule has 10 heteroatoms. The zero-order valence-electron chi connectivity index (χ0n) is 14.4. The van der Waals surface area contributed by atoms with Crippen LogP contribution >= 0.6 is 0 Å². The Morgan fingerprint density at radius 3 is 2.14 bits per heavy atom. The van der Waals surface area contributed by atoms with E-state index in [-0.39, 0.29) is 5.57 Å². The first-order chi connectivity index (χ1) is 13.0.